The maximum atomic E-state index is 12.9. The van der Waals surface area contributed by atoms with Crippen LogP contribution < -0.4 is 14.2 Å². The van der Waals surface area contributed by atoms with Crippen molar-refractivity contribution in [1.29, 1.82) is 0 Å². The van der Waals surface area contributed by atoms with Crippen molar-refractivity contribution in [2.24, 2.45) is 0 Å². The van der Waals surface area contributed by atoms with Gasteiger partial charge in [0.2, 0.25) is 0 Å². The third kappa shape index (κ3) is 6.28. The van der Waals surface area contributed by atoms with Gasteiger partial charge in [-0.25, -0.2) is 0 Å². The first-order chi connectivity index (χ1) is 17.3. The van der Waals surface area contributed by atoms with Crippen LogP contribution in [0.25, 0.3) is 12.2 Å². The second kappa shape index (κ2) is 11.2. The largest absolute Gasteiger partial charge is 0.506 e. The zero-order valence-corrected chi connectivity index (χ0v) is 21.6. The van der Waals surface area contributed by atoms with Crippen LogP contribution in [0, 0.1) is 0 Å². The van der Waals surface area contributed by atoms with E-state index in [1.807, 2.05) is 38.1 Å². The fraction of sp³-hybridized carbons (Fsp3) is 0.414. The molecule has 4 rings (SSSR count). The van der Waals surface area contributed by atoms with Gasteiger partial charge in [0, 0.05) is 32.7 Å². The fourth-order valence-corrected chi connectivity index (χ4v) is 4.35. The van der Waals surface area contributed by atoms with Crippen molar-refractivity contribution < 1.29 is 24.1 Å². The van der Waals surface area contributed by atoms with Crippen LogP contribution in [0.1, 0.15) is 41.8 Å². The van der Waals surface area contributed by atoms with Crippen molar-refractivity contribution in [1.82, 2.24) is 9.80 Å². The van der Waals surface area contributed by atoms with E-state index in [0.717, 1.165) is 44.7 Å². The number of nitrogens with zero attached hydrogens (tertiary/aromatic N) is 2. The third-order valence-electron chi connectivity index (χ3n) is 6.55. The van der Waals surface area contributed by atoms with Gasteiger partial charge in [0.25, 0.3) is 0 Å². The minimum absolute atomic E-state index is 0.0759. The molecule has 192 valence electrons. The van der Waals surface area contributed by atoms with Crippen LogP contribution in [-0.2, 0) is 0 Å². The lowest BCUT2D eigenvalue weighted by Crippen LogP contribution is -2.44. The predicted octanol–water partition coefficient (Wildman–Crippen LogP) is 4.50. The van der Waals surface area contributed by atoms with Crippen LogP contribution in [0.3, 0.4) is 0 Å². The maximum absolute atomic E-state index is 12.9. The number of rotatable bonds is 9. The molecule has 7 heteroatoms. The van der Waals surface area contributed by atoms with Crippen molar-refractivity contribution >= 4 is 17.9 Å². The summed E-state index contributed by atoms with van der Waals surface area (Å²) < 4.78 is 17.4. The lowest BCUT2D eigenvalue weighted by Gasteiger charge is -2.32. The summed E-state index contributed by atoms with van der Waals surface area (Å²) in [7, 11) is 3.77. The van der Waals surface area contributed by atoms with Gasteiger partial charge in [-0.3, -0.25) is 4.79 Å². The van der Waals surface area contributed by atoms with Gasteiger partial charge in [-0.05, 0) is 75.4 Å². The standard InChI is InChI=1S/C29H36N2O5/c1-29(2)13-12-23-25(36-29)11-8-22(28(23)33)24(32)9-6-21-7-10-26(34-4)27(20-21)35-19-5-14-31-17-15-30(3)16-18-31/h6-13,20,33H,5,14-19H2,1-4H3/b9-6+. The number of phenols is 1. The first kappa shape index (κ1) is 25.8. The fourth-order valence-electron chi connectivity index (χ4n) is 4.35. The van der Waals surface area contributed by atoms with Crippen LogP contribution in [0.4, 0.5) is 0 Å². The molecule has 0 spiro atoms. The van der Waals surface area contributed by atoms with E-state index in [-0.39, 0.29) is 17.1 Å². The number of hydrogen-bond acceptors (Lipinski definition) is 7. The second-order valence-corrected chi connectivity index (χ2v) is 9.87. The Balaban J connectivity index is 1.39. The Kier molecular flexibility index (Phi) is 8.01. The molecule has 7 nitrogen and oxygen atoms in total. The monoisotopic (exact) mass is 492 g/mol. The van der Waals surface area contributed by atoms with Crippen LogP contribution in [-0.4, -0.2) is 79.8 Å². The van der Waals surface area contributed by atoms with Gasteiger partial charge in [0.1, 0.15) is 17.1 Å². The Hall–Kier alpha value is -3.29. The highest BCUT2D eigenvalue weighted by Gasteiger charge is 2.25. The smallest absolute Gasteiger partial charge is 0.189 e. The number of hydrogen-bond donors (Lipinski definition) is 1. The summed E-state index contributed by atoms with van der Waals surface area (Å²) in [5.41, 5.74) is 1.10. The van der Waals surface area contributed by atoms with Crippen LogP contribution in [0.15, 0.2) is 42.5 Å². The third-order valence-corrected chi connectivity index (χ3v) is 6.55. The van der Waals surface area contributed by atoms with Gasteiger partial charge < -0.3 is 29.1 Å². The molecule has 1 fully saturated rings. The number of aromatic hydroxyl groups is 1. The number of ether oxygens (including phenoxy) is 3. The first-order valence-corrected chi connectivity index (χ1v) is 12.4. The topological polar surface area (TPSA) is 71.5 Å². The second-order valence-electron chi connectivity index (χ2n) is 9.87. The number of fused-ring (bicyclic) bond motifs is 1. The van der Waals surface area contributed by atoms with Gasteiger partial charge in [0.05, 0.1) is 24.8 Å². The highest BCUT2D eigenvalue weighted by molar-refractivity contribution is 6.09. The molecule has 0 atom stereocenters. The Bertz CT molecular complexity index is 1150. The van der Waals surface area contributed by atoms with E-state index < -0.39 is 5.60 Å². The summed E-state index contributed by atoms with van der Waals surface area (Å²) in [6.07, 6.45) is 7.76. The maximum Gasteiger partial charge on any atom is 0.189 e. The molecule has 0 bridgehead atoms. The van der Waals surface area contributed by atoms with Gasteiger partial charge in [0.15, 0.2) is 17.3 Å². The molecule has 0 unspecified atom stereocenters. The Morgan fingerprint density at radius 3 is 2.67 bits per heavy atom. The van der Waals surface area contributed by atoms with Crippen molar-refractivity contribution in [3.05, 3.63) is 59.2 Å². The molecule has 2 aromatic carbocycles. The Morgan fingerprint density at radius 2 is 1.92 bits per heavy atom. The van der Waals surface area contributed by atoms with Gasteiger partial charge >= 0.3 is 0 Å². The number of carbonyl (C=O) groups is 1. The quantitative estimate of drug-likeness (QED) is 0.314. The molecular weight excluding hydrogens is 456 g/mol. The molecule has 2 aliphatic heterocycles. The number of ketones is 1. The summed E-state index contributed by atoms with van der Waals surface area (Å²) >= 11 is 0. The Labute approximate surface area is 213 Å². The molecule has 1 N–H and O–H groups in total. The van der Waals surface area contributed by atoms with Crippen molar-refractivity contribution in [3.63, 3.8) is 0 Å². The van der Waals surface area contributed by atoms with E-state index in [1.165, 1.54) is 6.08 Å². The van der Waals surface area contributed by atoms with E-state index in [1.54, 1.807) is 31.4 Å². The van der Waals surface area contributed by atoms with Gasteiger partial charge in [-0.1, -0.05) is 12.1 Å². The number of benzene rings is 2. The van der Waals surface area contributed by atoms with Crippen LogP contribution >= 0.6 is 0 Å². The number of likely N-dealkylation sites (N-methyl/N-ethyl adjacent to an activating group) is 1. The average Bonchev–Trinajstić information content (AvgIpc) is 2.86. The number of methoxy groups -OCH3 is 1. The SMILES string of the molecule is COc1ccc(/C=C/C(=O)c2ccc3c(c2O)C=CC(C)(C)O3)cc1OCCCN1CCN(C)CC1. The molecule has 0 saturated carbocycles. The lowest BCUT2D eigenvalue weighted by atomic mass is 9.98. The summed E-state index contributed by atoms with van der Waals surface area (Å²) in [5.74, 6) is 1.49. The van der Waals surface area contributed by atoms with E-state index in [4.69, 9.17) is 14.2 Å². The molecule has 0 amide bonds. The molecule has 1 saturated heterocycles. The zero-order valence-electron chi connectivity index (χ0n) is 21.6. The number of piperazine rings is 1. The van der Waals surface area contributed by atoms with Crippen molar-refractivity contribution in [3.8, 4) is 23.0 Å². The molecule has 0 aliphatic carbocycles. The van der Waals surface area contributed by atoms with Gasteiger partial charge in [-0.15, -0.1) is 0 Å². The zero-order chi connectivity index (χ0) is 25.7. The minimum atomic E-state index is -0.455. The average molecular weight is 493 g/mol. The van der Waals surface area contributed by atoms with E-state index >= 15 is 0 Å². The lowest BCUT2D eigenvalue weighted by molar-refractivity contribution is 0.104. The Morgan fingerprint density at radius 1 is 1.14 bits per heavy atom. The number of carbonyl (C=O) groups excluding carboxylic acids is 1. The van der Waals surface area contributed by atoms with Crippen LogP contribution in [0.2, 0.25) is 0 Å². The van der Waals surface area contributed by atoms with Crippen molar-refractivity contribution in [2.45, 2.75) is 25.9 Å². The first-order valence-electron chi connectivity index (χ1n) is 12.4. The summed E-state index contributed by atoms with van der Waals surface area (Å²) in [6.45, 7) is 9.86. The molecular formula is C29H36N2O5. The molecule has 0 aromatic heterocycles. The highest BCUT2D eigenvalue weighted by Crippen LogP contribution is 2.38. The number of phenolic OH excluding ortho intramolecular Hbond substituents is 1. The van der Waals surface area contributed by atoms with E-state index in [2.05, 4.69) is 16.8 Å². The number of allylic oxidation sites excluding steroid dienone is 1. The van der Waals surface area contributed by atoms with E-state index in [9.17, 15) is 9.90 Å². The minimum Gasteiger partial charge on any atom is -0.506 e. The van der Waals surface area contributed by atoms with Crippen LogP contribution in [0.5, 0.6) is 23.0 Å². The molecule has 0 radical (unpaired) electrons. The predicted molar refractivity (Wildman–Crippen MR) is 142 cm³/mol. The molecule has 2 aromatic rings. The van der Waals surface area contributed by atoms with Crippen molar-refractivity contribution in [2.75, 3.05) is 53.5 Å². The summed E-state index contributed by atoms with van der Waals surface area (Å²) in [4.78, 5) is 17.7. The summed E-state index contributed by atoms with van der Waals surface area (Å²) in [6, 6.07) is 8.89. The molecule has 2 aliphatic rings. The molecule has 2 heterocycles. The van der Waals surface area contributed by atoms with Gasteiger partial charge in [-0.2, -0.15) is 0 Å². The highest BCUT2D eigenvalue weighted by atomic mass is 16.5. The summed E-state index contributed by atoms with van der Waals surface area (Å²) in [5, 5.41) is 10.7. The normalized spacial score (nSPS) is 17.6. The molecule has 36 heavy (non-hydrogen) atoms. The van der Waals surface area contributed by atoms with E-state index in [0.29, 0.717) is 29.4 Å².